The van der Waals surface area contributed by atoms with E-state index >= 15 is 0 Å². The van der Waals surface area contributed by atoms with Crippen LogP contribution in [0.2, 0.25) is 0 Å². The number of anilines is 1. The Balaban J connectivity index is 2.58. The third-order valence-electron chi connectivity index (χ3n) is 1.78. The molecule has 1 unspecified atom stereocenters. The Morgan fingerprint density at radius 1 is 1.43 bits per heavy atom. The number of halogens is 1. The summed E-state index contributed by atoms with van der Waals surface area (Å²) in [7, 11) is 1.66. The molecule has 14 heavy (non-hydrogen) atoms. The van der Waals surface area contributed by atoms with Gasteiger partial charge in [-0.1, -0.05) is 15.9 Å². The van der Waals surface area contributed by atoms with Gasteiger partial charge in [-0.3, -0.25) is 0 Å². The number of hydrogen-bond acceptors (Lipinski definition) is 3. The number of nitrogens with two attached hydrogens (primary N) is 1. The van der Waals surface area contributed by atoms with Crippen molar-refractivity contribution >= 4 is 21.6 Å². The van der Waals surface area contributed by atoms with Crippen molar-refractivity contribution in [2.24, 2.45) is 0 Å². The second-order valence-corrected chi connectivity index (χ2v) is 3.99. The SMILES string of the molecule is COC(C)COc1cc(N)cc(Br)c1. The molecular formula is C10H14BrNO2. The second-order valence-electron chi connectivity index (χ2n) is 3.08. The van der Waals surface area contributed by atoms with E-state index in [-0.39, 0.29) is 6.10 Å². The second kappa shape index (κ2) is 5.22. The Bertz CT molecular complexity index is 284. The Labute approximate surface area is 92.3 Å². The summed E-state index contributed by atoms with van der Waals surface area (Å²) in [4.78, 5) is 0. The molecule has 4 heteroatoms. The monoisotopic (exact) mass is 259 g/mol. The lowest BCUT2D eigenvalue weighted by atomic mass is 10.3. The highest BCUT2D eigenvalue weighted by molar-refractivity contribution is 9.10. The Morgan fingerprint density at radius 3 is 2.71 bits per heavy atom. The highest BCUT2D eigenvalue weighted by atomic mass is 79.9. The average molecular weight is 260 g/mol. The van der Waals surface area contributed by atoms with E-state index in [0.717, 1.165) is 10.2 Å². The lowest BCUT2D eigenvalue weighted by Gasteiger charge is -2.11. The van der Waals surface area contributed by atoms with Crippen molar-refractivity contribution in [1.29, 1.82) is 0 Å². The molecule has 0 saturated heterocycles. The molecule has 0 heterocycles. The maximum absolute atomic E-state index is 5.66. The van der Waals surface area contributed by atoms with Crippen LogP contribution in [0, 0.1) is 0 Å². The fourth-order valence-electron chi connectivity index (χ4n) is 0.949. The van der Waals surface area contributed by atoms with Crippen molar-refractivity contribution in [3.63, 3.8) is 0 Å². The van der Waals surface area contributed by atoms with Crippen LogP contribution >= 0.6 is 15.9 Å². The molecule has 0 aliphatic rings. The molecule has 3 nitrogen and oxygen atoms in total. The average Bonchev–Trinajstić information content (AvgIpc) is 2.12. The van der Waals surface area contributed by atoms with Crippen molar-refractivity contribution in [3.05, 3.63) is 22.7 Å². The molecule has 0 bridgehead atoms. The molecule has 0 aliphatic carbocycles. The fourth-order valence-corrected chi connectivity index (χ4v) is 1.44. The predicted molar refractivity (Wildman–Crippen MR) is 60.5 cm³/mol. The summed E-state index contributed by atoms with van der Waals surface area (Å²) < 4.78 is 11.5. The number of ether oxygens (including phenoxy) is 2. The summed E-state index contributed by atoms with van der Waals surface area (Å²) in [5.41, 5.74) is 6.34. The topological polar surface area (TPSA) is 44.5 Å². The molecular weight excluding hydrogens is 246 g/mol. The van der Waals surface area contributed by atoms with Gasteiger partial charge < -0.3 is 15.2 Å². The van der Waals surface area contributed by atoms with Crippen molar-refractivity contribution in [2.45, 2.75) is 13.0 Å². The summed E-state index contributed by atoms with van der Waals surface area (Å²) in [6.45, 7) is 2.47. The van der Waals surface area contributed by atoms with Gasteiger partial charge >= 0.3 is 0 Å². The number of hydrogen-bond donors (Lipinski definition) is 1. The number of rotatable bonds is 4. The van der Waals surface area contributed by atoms with Crippen LogP contribution in [-0.2, 0) is 4.74 Å². The molecule has 1 aromatic carbocycles. The molecule has 0 spiro atoms. The standard InChI is InChI=1S/C10H14BrNO2/c1-7(13-2)6-14-10-4-8(11)3-9(12)5-10/h3-5,7H,6,12H2,1-2H3. The lowest BCUT2D eigenvalue weighted by molar-refractivity contribution is 0.0717. The zero-order valence-corrected chi connectivity index (χ0v) is 9.87. The van der Waals surface area contributed by atoms with E-state index in [0.29, 0.717) is 12.3 Å². The summed E-state index contributed by atoms with van der Waals surface area (Å²) in [6, 6.07) is 5.48. The minimum absolute atomic E-state index is 0.0789. The molecule has 1 rings (SSSR count). The first-order valence-electron chi connectivity index (χ1n) is 4.33. The van der Waals surface area contributed by atoms with E-state index in [1.54, 1.807) is 13.2 Å². The Kier molecular flexibility index (Phi) is 4.22. The van der Waals surface area contributed by atoms with E-state index in [4.69, 9.17) is 15.2 Å². The van der Waals surface area contributed by atoms with E-state index in [1.165, 1.54) is 0 Å². The molecule has 0 fully saturated rings. The van der Waals surface area contributed by atoms with Gasteiger partial charge in [0, 0.05) is 23.3 Å². The van der Waals surface area contributed by atoms with Crippen LogP contribution in [0.3, 0.4) is 0 Å². The van der Waals surface area contributed by atoms with Gasteiger partial charge in [-0.15, -0.1) is 0 Å². The molecule has 0 aromatic heterocycles. The maximum atomic E-state index is 5.66. The highest BCUT2D eigenvalue weighted by Gasteiger charge is 2.02. The van der Waals surface area contributed by atoms with Crippen molar-refractivity contribution < 1.29 is 9.47 Å². The van der Waals surface area contributed by atoms with Crippen LogP contribution in [0.5, 0.6) is 5.75 Å². The van der Waals surface area contributed by atoms with Crippen molar-refractivity contribution in [3.8, 4) is 5.75 Å². The molecule has 1 atom stereocenters. The predicted octanol–water partition coefficient (Wildman–Crippen LogP) is 2.45. The first kappa shape index (κ1) is 11.3. The Hall–Kier alpha value is -0.740. The quantitative estimate of drug-likeness (QED) is 0.845. The molecule has 2 N–H and O–H groups in total. The van der Waals surface area contributed by atoms with Gasteiger partial charge in [0.1, 0.15) is 12.4 Å². The molecule has 0 aliphatic heterocycles. The third-order valence-corrected chi connectivity index (χ3v) is 2.24. The van der Waals surface area contributed by atoms with Gasteiger partial charge in [0.2, 0.25) is 0 Å². The fraction of sp³-hybridized carbons (Fsp3) is 0.400. The minimum Gasteiger partial charge on any atom is -0.491 e. The van der Waals surface area contributed by atoms with E-state index in [9.17, 15) is 0 Å². The van der Waals surface area contributed by atoms with Crippen LogP contribution < -0.4 is 10.5 Å². The Morgan fingerprint density at radius 2 is 2.14 bits per heavy atom. The van der Waals surface area contributed by atoms with Crippen LogP contribution in [0.25, 0.3) is 0 Å². The molecule has 0 radical (unpaired) electrons. The van der Waals surface area contributed by atoms with E-state index in [1.807, 2.05) is 19.1 Å². The smallest absolute Gasteiger partial charge is 0.122 e. The van der Waals surface area contributed by atoms with Crippen molar-refractivity contribution in [1.82, 2.24) is 0 Å². The summed E-state index contributed by atoms with van der Waals surface area (Å²) in [5.74, 6) is 0.751. The summed E-state index contributed by atoms with van der Waals surface area (Å²) in [5, 5.41) is 0. The van der Waals surface area contributed by atoms with Crippen LogP contribution in [0.4, 0.5) is 5.69 Å². The molecule has 1 aromatic rings. The first-order chi connectivity index (χ1) is 6.61. The number of methoxy groups -OCH3 is 1. The summed E-state index contributed by atoms with van der Waals surface area (Å²) >= 11 is 3.35. The minimum atomic E-state index is 0.0789. The van der Waals surface area contributed by atoms with Gasteiger partial charge in [-0.05, 0) is 19.1 Å². The van der Waals surface area contributed by atoms with Gasteiger partial charge in [-0.2, -0.15) is 0 Å². The van der Waals surface area contributed by atoms with Gasteiger partial charge in [-0.25, -0.2) is 0 Å². The first-order valence-corrected chi connectivity index (χ1v) is 5.13. The van der Waals surface area contributed by atoms with E-state index in [2.05, 4.69) is 15.9 Å². The summed E-state index contributed by atoms with van der Waals surface area (Å²) in [6.07, 6.45) is 0.0789. The lowest BCUT2D eigenvalue weighted by Crippen LogP contribution is -2.15. The maximum Gasteiger partial charge on any atom is 0.122 e. The molecule has 78 valence electrons. The molecule has 0 saturated carbocycles. The normalized spacial score (nSPS) is 12.5. The van der Waals surface area contributed by atoms with Gasteiger partial charge in [0.25, 0.3) is 0 Å². The number of nitrogen functional groups attached to an aromatic ring is 1. The van der Waals surface area contributed by atoms with E-state index < -0.39 is 0 Å². The van der Waals surface area contributed by atoms with Crippen LogP contribution in [0.15, 0.2) is 22.7 Å². The highest BCUT2D eigenvalue weighted by Crippen LogP contribution is 2.22. The van der Waals surface area contributed by atoms with Crippen molar-refractivity contribution in [2.75, 3.05) is 19.5 Å². The van der Waals surface area contributed by atoms with Crippen LogP contribution in [0.1, 0.15) is 6.92 Å². The number of benzene rings is 1. The molecule has 0 amide bonds. The largest absolute Gasteiger partial charge is 0.491 e. The van der Waals surface area contributed by atoms with Gasteiger partial charge in [0.15, 0.2) is 0 Å². The zero-order valence-electron chi connectivity index (χ0n) is 8.29. The third kappa shape index (κ3) is 3.55. The zero-order chi connectivity index (χ0) is 10.6. The van der Waals surface area contributed by atoms with Crippen LogP contribution in [-0.4, -0.2) is 19.8 Å². The van der Waals surface area contributed by atoms with Gasteiger partial charge in [0.05, 0.1) is 6.10 Å².